The minimum absolute atomic E-state index is 0.119. The van der Waals surface area contributed by atoms with Gasteiger partial charge in [-0.25, -0.2) is 14.8 Å². The molecule has 0 spiro atoms. The summed E-state index contributed by atoms with van der Waals surface area (Å²) in [5, 5.41) is 23.7. The van der Waals surface area contributed by atoms with Crippen LogP contribution < -0.4 is 26.2 Å². The number of halogens is 3. The second-order valence-corrected chi connectivity index (χ2v) is 10.2. The topological polar surface area (TPSA) is 198 Å². The molecule has 0 saturated heterocycles. The summed E-state index contributed by atoms with van der Waals surface area (Å²) in [6.45, 7) is 0.871. The lowest BCUT2D eigenvalue weighted by molar-refractivity contribution is -0.380. The van der Waals surface area contributed by atoms with Crippen LogP contribution in [0.5, 0.6) is 11.8 Å². The minimum atomic E-state index is -5.19. The zero-order chi connectivity index (χ0) is 33.0. The van der Waals surface area contributed by atoms with Crippen molar-refractivity contribution in [2.75, 3.05) is 11.9 Å². The Morgan fingerprint density at radius 2 is 1.56 bits per heavy atom. The lowest BCUT2D eigenvalue weighted by Crippen LogP contribution is -2.54. The average molecular weight is 632 g/mol. The zero-order valence-electron chi connectivity index (χ0n) is 24.0. The molecule has 0 radical (unpaired) electrons. The van der Waals surface area contributed by atoms with Crippen LogP contribution in [0.3, 0.4) is 0 Å². The molecule has 15 heteroatoms. The van der Waals surface area contributed by atoms with E-state index in [4.69, 9.17) is 19.7 Å². The van der Waals surface area contributed by atoms with Crippen molar-refractivity contribution in [3.8, 4) is 11.8 Å². The van der Waals surface area contributed by atoms with Gasteiger partial charge in [0.15, 0.2) is 0 Å². The Kier molecular flexibility index (Phi) is 12.4. The smallest absolute Gasteiger partial charge is 0.430 e. The van der Waals surface area contributed by atoms with Crippen molar-refractivity contribution in [1.29, 1.82) is 0 Å². The van der Waals surface area contributed by atoms with Crippen LogP contribution in [-0.4, -0.2) is 57.6 Å². The molecule has 2 aromatic carbocycles. The van der Waals surface area contributed by atoms with E-state index in [-0.39, 0.29) is 35.7 Å². The second-order valence-electron chi connectivity index (χ2n) is 10.2. The number of aromatic nitrogens is 2. The van der Waals surface area contributed by atoms with Gasteiger partial charge in [0.25, 0.3) is 0 Å². The van der Waals surface area contributed by atoms with Crippen molar-refractivity contribution in [3.63, 3.8) is 0 Å². The number of anilines is 1. The van der Waals surface area contributed by atoms with Crippen molar-refractivity contribution in [3.05, 3.63) is 78.1 Å². The van der Waals surface area contributed by atoms with E-state index in [9.17, 15) is 27.6 Å². The number of alkyl halides is 3. The number of quaternary nitrogens is 1. The number of carboxylic acids is 2. The van der Waals surface area contributed by atoms with Gasteiger partial charge in [0.2, 0.25) is 11.8 Å². The first-order valence-electron chi connectivity index (χ1n) is 13.9. The number of amides is 2. The quantitative estimate of drug-likeness (QED) is 0.258. The van der Waals surface area contributed by atoms with Gasteiger partial charge < -0.3 is 36.1 Å². The number of ether oxygens (including phenoxy) is 1. The van der Waals surface area contributed by atoms with Crippen LogP contribution in [0.25, 0.3) is 0 Å². The van der Waals surface area contributed by atoms with Gasteiger partial charge >= 0.3 is 18.2 Å². The Balaban J connectivity index is 0.000000707. The molecule has 240 valence electrons. The third-order valence-corrected chi connectivity index (χ3v) is 7.00. The number of hydrogen-bond acceptors (Lipinski definition) is 8. The molecular weight excluding hydrogens is 599 g/mol. The number of carbonyl (C=O) groups excluding carboxylic acids is 3. The van der Waals surface area contributed by atoms with E-state index >= 15 is 0 Å². The SMILES string of the molecule is O=C([O-])C(F)(F)F.[NH3+]CC1CCC(C(=O)N[C@@H](Cc2ccc(Oc3ncccn3)cc2)C(=O)Nc2ccc(C(=O)O)cc2)CC1. The van der Waals surface area contributed by atoms with Crippen molar-refractivity contribution in [2.45, 2.75) is 44.3 Å². The number of rotatable bonds is 10. The number of benzene rings is 2. The first kappa shape index (κ1) is 34.4. The molecule has 1 saturated carbocycles. The maximum Gasteiger partial charge on any atom is 0.430 e. The van der Waals surface area contributed by atoms with Gasteiger partial charge in [-0.15, -0.1) is 0 Å². The zero-order valence-corrected chi connectivity index (χ0v) is 24.0. The Morgan fingerprint density at radius 1 is 0.978 bits per heavy atom. The Bertz CT molecular complexity index is 1430. The van der Waals surface area contributed by atoms with Gasteiger partial charge in [0.05, 0.1) is 12.1 Å². The Hall–Kier alpha value is -5.05. The Morgan fingerprint density at radius 3 is 2.07 bits per heavy atom. The number of carbonyl (C=O) groups is 4. The number of carboxylic acid groups (broad SMARTS) is 2. The molecule has 1 fully saturated rings. The van der Waals surface area contributed by atoms with Crippen LogP contribution in [0, 0.1) is 11.8 Å². The molecule has 6 N–H and O–H groups in total. The van der Waals surface area contributed by atoms with E-state index in [1.165, 1.54) is 24.3 Å². The van der Waals surface area contributed by atoms with Crippen LogP contribution in [-0.2, 0) is 20.8 Å². The molecule has 1 heterocycles. The average Bonchev–Trinajstić information content (AvgIpc) is 3.02. The summed E-state index contributed by atoms with van der Waals surface area (Å²) in [7, 11) is 0. The van der Waals surface area contributed by atoms with E-state index in [1.807, 2.05) is 12.1 Å². The number of aliphatic carboxylic acids is 1. The first-order chi connectivity index (χ1) is 21.3. The molecule has 12 nitrogen and oxygen atoms in total. The van der Waals surface area contributed by atoms with Crippen molar-refractivity contribution < 1.29 is 53.0 Å². The minimum Gasteiger partial charge on any atom is -0.542 e. The summed E-state index contributed by atoms with van der Waals surface area (Å²) in [5.41, 5.74) is 5.37. The molecule has 0 unspecified atom stereocenters. The fraction of sp³-hybridized carbons (Fsp3) is 0.333. The number of nitrogens with one attached hydrogen (secondary N) is 2. The van der Waals surface area contributed by atoms with Crippen LogP contribution in [0.1, 0.15) is 41.6 Å². The van der Waals surface area contributed by atoms with E-state index in [1.54, 1.807) is 30.6 Å². The predicted octanol–water partition coefficient (Wildman–Crippen LogP) is 1.98. The lowest BCUT2D eigenvalue weighted by Gasteiger charge is -2.27. The lowest BCUT2D eigenvalue weighted by atomic mass is 9.81. The fourth-order valence-electron chi connectivity index (χ4n) is 4.51. The normalized spacial score (nSPS) is 16.7. The molecule has 4 rings (SSSR count). The monoisotopic (exact) mass is 631 g/mol. The highest BCUT2D eigenvalue weighted by Crippen LogP contribution is 2.28. The van der Waals surface area contributed by atoms with Crippen LogP contribution >= 0.6 is 0 Å². The van der Waals surface area contributed by atoms with E-state index in [0.29, 0.717) is 17.4 Å². The van der Waals surface area contributed by atoms with E-state index in [0.717, 1.165) is 37.8 Å². The summed E-state index contributed by atoms with van der Waals surface area (Å²) in [4.78, 5) is 54.4. The summed E-state index contributed by atoms with van der Waals surface area (Å²) < 4.78 is 37.2. The van der Waals surface area contributed by atoms with Gasteiger partial charge in [0.1, 0.15) is 17.8 Å². The molecule has 2 amide bonds. The van der Waals surface area contributed by atoms with Crippen LogP contribution in [0.2, 0.25) is 0 Å². The van der Waals surface area contributed by atoms with Crippen molar-refractivity contribution in [1.82, 2.24) is 15.3 Å². The standard InChI is InChI=1S/C28H31N5O5.C2HF3O2/c29-17-19-2-6-20(7-3-19)25(34)33-24(26(35)32-22-10-8-21(9-11-22)27(36)37)16-18-4-12-23(13-5-18)38-28-30-14-1-15-31-28;3-2(4,5)1(6)7/h1,4-5,8-15,19-20,24H,2-3,6-7,16-17,29H2,(H,32,35)(H,33,34)(H,36,37);(H,6,7)/t19?,20?,24-;/m0./s1. The van der Waals surface area contributed by atoms with Crippen LogP contribution in [0.4, 0.5) is 18.9 Å². The van der Waals surface area contributed by atoms with Crippen LogP contribution in [0.15, 0.2) is 67.0 Å². The second kappa shape index (κ2) is 16.1. The van der Waals surface area contributed by atoms with Gasteiger partial charge in [-0.2, -0.15) is 13.2 Å². The predicted molar refractivity (Wildman–Crippen MR) is 150 cm³/mol. The first-order valence-corrected chi connectivity index (χ1v) is 13.9. The molecule has 1 aliphatic carbocycles. The summed E-state index contributed by atoms with van der Waals surface area (Å²) >= 11 is 0. The maximum atomic E-state index is 13.3. The van der Waals surface area contributed by atoms with Gasteiger partial charge in [-0.3, -0.25) is 9.59 Å². The molecule has 0 aliphatic heterocycles. The summed E-state index contributed by atoms with van der Waals surface area (Å²) in [5.74, 6) is -3.61. The highest BCUT2D eigenvalue weighted by molar-refractivity contribution is 5.98. The van der Waals surface area contributed by atoms with Gasteiger partial charge in [-0.05, 0) is 73.7 Å². The summed E-state index contributed by atoms with van der Waals surface area (Å²) in [6.07, 6.45) is 1.73. The highest BCUT2D eigenvalue weighted by Gasteiger charge is 2.30. The summed E-state index contributed by atoms with van der Waals surface area (Å²) in [6, 6.07) is 14.2. The molecule has 1 atom stereocenters. The number of aromatic carboxylic acids is 1. The fourth-order valence-corrected chi connectivity index (χ4v) is 4.51. The molecular formula is C30H32F3N5O7. The molecule has 1 aromatic heterocycles. The highest BCUT2D eigenvalue weighted by atomic mass is 19.4. The van der Waals surface area contributed by atoms with Crippen molar-refractivity contribution in [2.24, 2.45) is 11.8 Å². The van der Waals surface area contributed by atoms with Gasteiger partial charge in [0, 0.05) is 36.3 Å². The van der Waals surface area contributed by atoms with E-state index in [2.05, 4.69) is 26.3 Å². The molecule has 1 aliphatic rings. The third kappa shape index (κ3) is 11.2. The third-order valence-electron chi connectivity index (χ3n) is 7.00. The maximum absolute atomic E-state index is 13.3. The van der Waals surface area contributed by atoms with Gasteiger partial charge in [-0.1, -0.05) is 12.1 Å². The molecule has 0 bridgehead atoms. The number of hydrogen-bond donors (Lipinski definition) is 4. The number of nitrogens with zero attached hydrogens (tertiary/aromatic N) is 2. The molecule has 3 aromatic rings. The van der Waals surface area contributed by atoms with Crippen molar-refractivity contribution >= 4 is 29.4 Å². The van der Waals surface area contributed by atoms with E-state index < -0.39 is 24.2 Å². The molecule has 45 heavy (non-hydrogen) atoms. The Labute approximate surface area is 255 Å². The largest absolute Gasteiger partial charge is 0.542 e.